The monoisotopic (exact) mass is 280 g/mol. The van der Waals surface area contributed by atoms with Gasteiger partial charge < -0.3 is 5.32 Å². The first kappa shape index (κ1) is 17.1. The molecule has 0 aliphatic carbocycles. The first-order valence-electron chi connectivity index (χ1n) is 7.77. The van der Waals surface area contributed by atoms with Gasteiger partial charge >= 0.3 is 0 Å². The van der Waals surface area contributed by atoms with Crippen LogP contribution in [-0.4, -0.2) is 30.6 Å². The molecule has 1 rings (SSSR count). The predicted molar refractivity (Wildman–Crippen MR) is 84.4 cm³/mol. The SMILES string of the molecule is CCN(CC)C(CC)(CC)C(NC)c1ccc(F)cc1. The van der Waals surface area contributed by atoms with Gasteiger partial charge in [-0.1, -0.05) is 39.8 Å². The van der Waals surface area contributed by atoms with Gasteiger partial charge in [0, 0.05) is 5.54 Å². The van der Waals surface area contributed by atoms with Crippen molar-refractivity contribution in [2.45, 2.75) is 52.1 Å². The molecule has 1 N–H and O–H groups in total. The zero-order valence-corrected chi connectivity index (χ0v) is 13.5. The van der Waals surface area contributed by atoms with Gasteiger partial charge in [0.15, 0.2) is 0 Å². The van der Waals surface area contributed by atoms with E-state index in [4.69, 9.17) is 0 Å². The quantitative estimate of drug-likeness (QED) is 0.774. The molecule has 0 spiro atoms. The maximum Gasteiger partial charge on any atom is 0.123 e. The molecule has 0 fully saturated rings. The van der Waals surface area contributed by atoms with E-state index in [9.17, 15) is 4.39 Å². The summed E-state index contributed by atoms with van der Waals surface area (Å²) in [5, 5.41) is 3.47. The Morgan fingerprint density at radius 1 is 1.05 bits per heavy atom. The number of likely N-dealkylation sites (N-methyl/N-ethyl adjacent to an activating group) is 2. The molecule has 1 atom stereocenters. The maximum absolute atomic E-state index is 13.2. The predicted octanol–water partition coefficient (Wildman–Crippen LogP) is 3.99. The van der Waals surface area contributed by atoms with Crippen LogP contribution >= 0.6 is 0 Å². The van der Waals surface area contributed by atoms with Crippen LogP contribution in [0.15, 0.2) is 24.3 Å². The molecule has 0 saturated heterocycles. The molecule has 0 bridgehead atoms. The van der Waals surface area contributed by atoms with Crippen LogP contribution in [-0.2, 0) is 0 Å². The third-order valence-electron chi connectivity index (χ3n) is 4.65. The fourth-order valence-electron chi connectivity index (χ4n) is 3.54. The van der Waals surface area contributed by atoms with Crippen molar-refractivity contribution in [1.82, 2.24) is 10.2 Å². The molecule has 0 radical (unpaired) electrons. The summed E-state index contributed by atoms with van der Waals surface area (Å²) in [6, 6.07) is 7.12. The Morgan fingerprint density at radius 3 is 1.90 bits per heavy atom. The van der Waals surface area contributed by atoms with E-state index in [1.807, 2.05) is 19.2 Å². The number of nitrogens with one attached hydrogen (secondary N) is 1. The van der Waals surface area contributed by atoms with Gasteiger partial charge in [-0.15, -0.1) is 0 Å². The molecule has 0 aliphatic rings. The third-order valence-corrected chi connectivity index (χ3v) is 4.65. The summed E-state index contributed by atoms with van der Waals surface area (Å²) in [4.78, 5) is 2.53. The van der Waals surface area contributed by atoms with E-state index >= 15 is 0 Å². The lowest BCUT2D eigenvalue weighted by atomic mass is 9.79. The van der Waals surface area contributed by atoms with E-state index < -0.39 is 0 Å². The van der Waals surface area contributed by atoms with Crippen LogP contribution < -0.4 is 5.32 Å². The summed E-state index contributed by atoms with van der Waals surface area (Å²) >= 11 is 0. The largest absolute Gasteiger partial charge is 0.311 e. The molecule has 1 aromatic rings. The van der Waals surface area contributed by atoms with E-state index in [2.05, 4.69) is 37.9 Å². The van der Waals surface area contributed by atoms with E-state index in [-0.39, 0.29) is 17.4 Å². The number of rotatable bonds is 8. The number of halogens is 1. The molecule has 0 heterocycles. The average Bonchev–Trinajstić information content (AvgIpc) is 2.49. The Bertz CT molecular complexity index is 380. The summed E-state index contributed by atoms with van der Waals surface area (Å²) in [5.41, 5.74) is 1.22. The zero-order valence-electron chi connectivity index (χ0n) is 13.5. The second-order valence-corrected chi connectivity index (χ2v) is 5.26. The van der Waals surface area contributed by atoms with Crippen molar-refractivity contribution in [2.75, 3.05) is 20.1 Å². The van der Waals surface area contributed by atoms with Crippen molar-refractivity contribution in [3.63, 3.8) is 0 Å². The first-order valence-corrected chi connectivity index (χ1v) is 7.77. The van der Waals surface area contributed by atoms with Crippen LogP contribution in [0, 0.1) is 5.82 Å². The molecule has 0 aliphatic heterocycles. The molecular formula is C17H29FN2. The Hall–Kier alpha value is -0.930. The topological polar surface area (TPSA) is 15.3 Å². The van der Waals surface area contributed by atoms with Crippen molar-refractivity contribution in [1.29, 1.82) is 0 Å². The van der Waals surface area contributed by atoms with Gasteiger partial charge in [0.2, 0.25) is 0 Å². The zero-order chi connectivity index (χ0) is 15.2. The molecule has 1 unspecified atom stereocenters. The summed E-state index contributed by atoms with van der Waals surface area (Å²) in [5.74, 6) is -0.176. The summed E-state index contributed by atoms with van der Waals surface area (Å²) in [7, 11) is 2.00. The van der Waals surface area contributed by atoms with Gasteiger partial charge in [0.05, 0.1) is 6.04 Å². The highest BCUT2D eigenvalue weighted by molar-refractivity contribution is 5.24. The molecular weight excluding hydrogens is 251 g/mol. The molecule has 2 nitrogen and oxygen atoms in total. The van der Waals surface area contributed by atoms with Gasteiger partial charge in [-0.2, -0.15) is 0 Å². The minimum atomic E-state index is -0.176. The highest BCUT2D eigenvalue weighted by Crippen LogP contribution is 2.37. The lowest BCUT2D eigenvalue weighted by molar-refractivity contribution is 0.0514. The Kier molecular flexibility index (Phi) is 6.63. The van der Waals surface area contributed by atoms with Crippen molar-refractivity contribution in [2.24, 2.45) is 0 Å². The summed E-state index contributed by atoms with van der Waals surface area (Å²) in [6.45, 7) is 11.0. The van der Waals surface area contributed by atoms with E-state index in [1.165, 1.54) is 0 Å². The summed E-state index contributed by atoms with van der Waals surface area (Å²) < 4.78 is 13.2. The lowest BCUT2D eigenvalue weighted by Crippen LogP contribution is -2.55. The van der Waals surface area contributed by atoms with Crippen molar-refractivity contribution in [3.8, 4) is 0 Å². The van der Waals surface area contributed by atoms with Gasteiger partial charge in [-0.05, 0) is 50.7 Å². The van der Waals surface area contributed by atoms with E-state index in [0.717, 1.165) is 31.5 Å². The van der Waals surface area contributed by atoms with Gasteiger partial charge in [-0.3, -0.25) is 4.90 Å². The Balaban J connectivity index is 3.24. The van der Waals surface area contributed by atoms with Crippen LogP contribution in [0.3, 0.4) is 0 Å². The number of benzene rings is 1. The number of hydrogen-bond donors (Lipinski definition) is 1. The number of hydrogen-bond acceptors (Lipinski definition) is 2. The molecule has 3 heteroatoms. The second kappa shape index (κ2) is 7.75. The molecule has 114 valence electrons. The minimum Gasteiger partial charge on any atom is -0.311 e. The van der Waals surface area contributed by atoms with Gasteiger partial charge in [0.1, 0.15) is 5.82 Å². The van der Waals surface area contributed by atoms with Gasteiger partial charge in [-0.25, -0.2) is 4.39 Å². The van der Waals surface area contributed by atoms with Gasteiger partial charge in [0.25, 0.3) is 0 Å². The fourth-order valence-corrected chi connectivity index (χ4v) is 3.54. The fraction of sp³-hybridized carbons (Fsp3) is 0.647. The smallest absolute Gasteiger partial charge is 0.123 e. The number of nitrogens with zero attached hydrogens (tertiary/aromatic N) is 1. The minimum absolute atomic E-state index is 0.0656. The van der Waals surface area contributed by atoms with E-state index in [0.29, 0.717) is 0 Å². The Labute approximate surface area is 123 Å². The molecule has 0 amide bonds. The van der Waals surface area contributed by atoms with Crippen LogP contribution in [0.4, 0.5) is 4.39 Å². The van der Waals surface area contributed by atoms with Crippen molar-refractivity contribution >= 4 is 0 Å². The molecule has 0 saturated carbocycles. The molecule has 0 aromatic heterocycles. The maximum atomic E-state index is 13.2. The van der Waals surface area contributed by atoms with Crippen molar-refractivity contribution in [3.05, 3.63) is 35.6 Å². The highest BCUT2D eigenvalue weighted by atomic mass is 19.1. The highest BCUT2D eigenvalue weighted by Gasteiger charge is 2.39. The standard InChI is InChI=1S/C17H29FN2/c1-6-17(7-2,20(8-3)9-4)16(19-5)14-10-12-15(18)13-11-14/h10-13,16,19H,6-9H2,1-5H3. The normalized spacial score (nSPS) is 13.8. The van der Waals surface area contributed by atoms with Crippen LogP contribution in [0.25, 0.3) is 0 Å². The van der Waals surface area contributed by atoms with Crippen LogP contribution in [0.2, 0.25) is 0 Å². The van der Waals surface area contributed by atoms with Crippen molar-refractivity contribution < 1.29 is 4.39 Å². The summed E-state index contributed by atoms with van der Waals surface area (Å²) in [6.07, 6.45) is 2.13. The average molecular weight is 280 g/mol. The molecule has 20 heavy (non-hydrogen) atoms. The first-order chi connectivity index (χ1) is 9.59. The lowest BCUT2D eigenvalue weighted by Gasteiger charge is -2.48. The van der Waals surface area contributed by atoms with Crippen LogP contribution in [0.1, 0.15) is 52.1 Å². The molecule has 1 aromatic carbocycles. The Morgan fingerprint density at radius 2 is 1.55 bits per heavy atom. The van der Waals surface area contributed by atoms with E-state index in [1.54, 1.807) is 12.1 Å². The van der Waals surface area contributed by atoms with Crippen LogP contribution in [0.5, 0.6) is 0 Å². The second-order valence-electron chi connectivity index (χ2n) is 5.26. The third kappa shape index (κ3) is 3.21.